The maximum Gasteiger partial charge on any atom is 0.229 e. The Labute approximate surface area is 118 Å². The van der Waals surface area contributed by atoms with E-state index in [9.17, 15) is 4.79 Å². The van der Waals surface area contributed by atoms with Gasteiger partial charge in [-0.25, -0.2) is 4.98 Å². The highest BCUT2D eigenvalue weighted by atomic mass is 32.1. The highest BCUT2D eigenvalue weighted by molar-refractivity contribution is 7.11. The summed E-state index contributed by atoms with van der Waals surface area (Å²) in [6.45, 7) is 6.64. The lowest BCUT2D eigenvalue weighted by Gasteiger charge is -2.23. The number of thiazole rings is 1. The quantitative estimate of drug-likeness (QED) is 0.877. The number of amides is 1. The minimum Gasteiger partial charge on any atom is -0.379 e. The molecule has 1 amide bonds. The van der Waals surface area contributed by atoms with E-state index >= 15 is 0 Å². The van der Waals surface area contributed by atoms with Crippen molar-refractivity contribution in [2.75, 3.05) is 26.8 Å². The van der Waals surface area contributed by atoms with Gasteiger partial charge in [0.1, 0.15) is 0 Å². The molecule has 0 spiro atoms. The minimum atomic E-state index is -0.0704. The summed E-state index contributed by atoms with van der Waals surface area (Å²) in [7, 11) is 1.85. The Balaban J connectivity index is 1.94. The molecule has 1 aromatic rings. The van der Waals surface area contributed by atoms with Crippen LogP contribution < -0.4 is 5.32 Å². The molecule has 0 saturated carbocycles. The Hall–Kier alpha value is -0.980. The number of nitrogens with one attached hydrogen (secondary N) is 1. The van der Waals surface area contributed by atoms with Crippen molar-refractivity contribution in [3.8, 4) is 0 Å². The van der Waals surface area contributed by atoms with Crippen molar-refractivity contribution in [2.45, 2.75) is 26.4 Å². The Morgan fingerprint density at radius 2 is 2.42 bits per heavy atom. The van der Waals surface area contributed by atoms with Crippen LogP contribution in [0.5, 0.6) is 0 Å². The van der Waals surface area contributed by atoms with Gasteiger partial charge in [-0.2, -0.15) is 0 Å². The molecule has 1 fully saturated rings. The molecule has 1 aliphatic heterocycles. The average Bonchev–Trinajstić information content (AvgIpc) is 2.98. The minimum absolute atomic E-state index is 0.0704. The van der Waals surface area contributed by atoms with Crippen LogP contribution in [0, 0.1) is 12.8 Å². The van der Waals surface area contributed by atoms with Crippen LogP contribution in [0.3, 0.4) is 0 Å². The van der Waals surface area contributed by atoms with E-state index < -0.39 is 0 Å². The zero-order chi connectivity index (χ0) is 13.8. The third-order valence-corrected chi connectivity index (χ3v) is 4.20. The first-order valence-electron chi connectivity index (χ1n) is 6.59. The first-order chi connectivity index (χ1) is 9.11. The number of aromatic nitrogens is 1. The normalized spacial score (nSPS) is 22.7. The second-order valence-corrected chi connectivity index (χ2v) is 6.17. The number of hydrogen-bond donors (Lipinski definition) is 1. The fourth-order valence-corrected chi connectivity index (χ4v) is 3.18. The maximum absolute atomic E-state index is 12.4. The Bertz CT molecular complexity index is 435. The number of ether oxygens (including phenoxy) is 1. The molecule has 0 aromatic carbocycles. The van der Waals surface area contributed by atoms with Crippen LogP contribution in [0.15, 0.2) is 6.20 Å². The molecule has 0 bridgehead atoms. The fraction of sp³-hybridized carbons (Fsp3) is 0.692. The van der Waals surface area contributed by atoms with Crippen LogP contribution >= 0.6 is 11.3 Å². The third kappa shape index (κ3) is 3.52. The molecule has 106 valence electrons. The van der Waals surface area contributed by atoms with Crippen molar-refractivity contribution >= 4 is 17.2 Å². The topological polar surface area (TPSA) is 54.5 Å². The first kappa shape index (κ1) is 14.4. The summed E-state index contributed by atoms with van der Waals surface area (Å²) in [5, 5.41) is 4.35. The van der Waals surface area contributed by atoms with Crippen molar-refractivity contribution in [2.24, 2.45) is 5.92 Å². The second kappa shape index (κ2) is 6.45. The number of carbonyl (C=O) groups excluding carboxylic acids is 1. The molecule has 2 atom stereocenters. The van der Waals surface area contributed by atoms with Crippen molar-refractivity contribution in [1.82, 2.24) is 15.2 Å². The van der Waals surface area contributed by atoms with Crippen LogP contribution in [0.25, 0.3) is 0 Å². The van der Waals surface area contributed by atoms with Crippen LogP contribution in [-0.2, 0) is 16.1 Å². The van der Waals surface area contributed by atoms with Gasteiger partial charge in [-0.15, -0.1) is 11.3 Å². The first-order valence-corrected chi connectivity index (χ1v) is 7.41. The molecular formula is C13H21N3O2S. The molecule has 1 aromatic heterocycles. The number of nitrogens with zero attached hydrogens (tertiary/aromatic N) is 2. The second-order valence-electron chi connectivity index (χ2n) is 4.85. The van der Waals surface area contributed by atoms with Gasteiger partial charge in [-0.1, -0.05) is 6.92 Å². The lowest BCUT2D eigenvalue weighted by Crippen LogP contribution is -2.44. The van der Waals surface area contributed by atoms with Gasteiger partial charge in [0.2, 0.25) is 5.91 Å². The predicted octanol–water partition coefficient (Wildman–Crippen LogP) is 1.03. The molecule has 1 N–H and O–H groups in total. The molecule has 6 heteroatoms. The van der Waals surface area contributed by atoms with Gasteiger partial charge in [-0.3, -0.25) is 4.79 Å². The Morgan fingerprint density at radius 3 is 3.05 bits per heavy atom. The molecule has 0 aliphatic carbocycles. The molecule has 2 rings (SSSR count). The van der Waals surface area contributed by atoms with Crippen molar-refractivity contribution in [3.63, 3.8) is 0 Å². The van der Waals surface area contributed by atoms with Crippen LogP contribution in [-0.4, -0.2) is 48.6 Å². The lowest BCUT2D eigenvalue weighted by molar-refractivity contribution is -0.135. The zero-order valence-electron chi connectivity index (χ0n) is 11.7. The molecule has 1 aliphatic rings. The highest BCUT2D eigenvalue weighted by Crippen LogP contribution is 2.19. The molecule has 5 nitrogen and oxygen atoms in total. The highest BCUT2D eigenvalue weighted by Gasteiger charge is 2.35. The van der Waals surface area contributed by atoms with Gasteiger partial charge in [0.25, 0.3) is 0 Å². The summed E-state index contributed by atoms with van der Waals surface area (Å²) >= 11 is 1.64. The van der Waals surface area contributed by atoms with E-state index in [-0.39, 0.29) is 17.9 Å². The number of carbonyl (C=O) groups is 1. The number of rotatable bonds is 5. The standard InChI is InChI=1S/C13H21N3O2S/c1-4-14-12-8-18-7-11(12)13(17)16(3)6-10-5-15-9(2)19-10/h5,11-12,14H,4,6-8H2,1-3H3. The summed E-state index contributed by atoms with van der Waals surface area (Å²) < 4.78 is 5.43. The van der Waals surface area contributed by atoms with Gasteiger partial charge in [0, 0.05) is 24.2 Å². The van der Waals surface area contributed by atoms with E-state index in [2.05, 4.69) is 10.3 Å². The van der Waals surface area contributed by atoms with E-state index in [1.165, 1.54) is 0 Å². The van der Waals surface area contributed by atoms with Crippen molar-refractivity contribution < 1.29 is 9.53 Å². The largest absolute Gasteiger partial charge is 0.379 e. The molecule has 1 saturated heterocycles. The number of likely N-dealkylation sites (N-methyl/N-ethyl adjacent to an activating group) is 1. The molecular weight excluding hydrogens is 262 g/mol. The van der Waals surface area contributed by atoms with Gasteiger partial charge in [-0.05, 0) is 13.5 Å². The van der Waals surface area contributed by atoms with Gasteiger partial charge in [0.15, 0.2) is 0 Å². The summed E-state index contributed by atoms with van der Waals surface area (Å²) in [5.74, 6) is 0.0773. The molecule has 19 heavy (non-hydrogen) atoms. The smallest absolute Gasteiger partial charge is 0.229 e. The van der Waals surface area contributed by atoms with E-state index in [0.717, 1.165) is 16.4 Å². The van der Waals surface area contributed by atoms with Gasteiger partial charge in [0.05, 0.1) is 30.7 Å². The predicted molar refractivity (Wildman–Crippen MR) is 75.1 cm³/mol. The summed E-state index contributed by atoms with van der Waals surface area (Å²) in [4.78, 5) is 19.5. The summed E-state index contributed by atoms with van der Waals surface area (Å²) in [6, 6.07) is 0.142. The fourth-order valence-electron chi connectivity index (χ4n) is 2.33. The van der Waals surface area contributed by atoms with Gasteiger partial charge < -0.3 is 15.0 Å². The van der Waals surface area contributed by atoms with Crippen LogP contribution in [0.1, 0.15) is 16.8 Å². The summed E-state index contributed by atoms with van der Waals surface area (Å²) in [5.41, 5.74) is 0. The molecule has 2 heterocycles. The van der Waals surface area contributed by atoms with Gasteiger partial charge >= 0.3 is 0 Å². The number of aryl methyl sites for hydroxylation is 1. The summed E-state index contributed by atoms with van der Waals surface area (Å²) in [6.07, 6.45) is 1.84. The van der Waals surface area contributed by atoms with E-state index in [1.54, 1.807) is 16.2 Å². The van der Waals surface area contributed by atoms with Crippen molar-refractivity contribution in [3.05, 3.63) is 16.1 Å². The molecule has 2 unspecified atom stereocenters. The Kier molecular flexibility index (Phi) is 4.90. The van der Waals surface area contributed by atoms with Crippen LogP contribution in [0.4, 0.5) is 0 Å². The zero-order valence-corrected chi connectivity index (χ0v) is 12.5. The lowest BCUT2D eigenvalue weighted by atomic mass is 10.0. The van der Waals surface area contributed by atoms with E-state index in [0.29, 0.717) is 19.8 Å². The maximum atomic E-state index is 12.4. The SMILES string of the molecule is CCNC1COCC1C(=O)N(C)Cc1cnc(C)s1. The molecule has 0 radical (unpaired) electrons. The van der Waals surface area contributed by atoms with Crippen LogP contribution in [0.2, 0.25) is 0 Å². The average molecular weight is 283 g/mol. The monoisotopic (exact) mass is 283 g/mol. The van der Waals surface area contributed by atoms with E-state index in [1.807, 2.05) is 27.1 Å². The Morgan fingerprint density at radius 1 is 1.63 bits per heavy atom. The van der Waals surface area contributed by atoms with E-state index in [4.69, 9.17) is 4.74 Å². The van der Waals surface area contributed by atoms with Crippen molar-refractivity contribution in [1.29, 1.82) is 0 Å². The number of hydrogen-bond acceptors (Lipinski definition) is 5. The third-order valence-electron chi connectivity index (χ3n) is 3.30.